The third kappa shape index (κ3) is 4.97. The van der Waals surface area contributed by atoms with Crippen LogP contribution in [-0.2, 0) is 9.47 Å². The van der Waals surface area contributed by atoms with E-state index in [0.717, 1.165) is 18.2 Å². The Hall–Kier alpha value is -3.66. The maximum absolute atomic E-state index is 13.6. The van der Waals surface area contributed by atoms with Crippen LogP contribution in [-0.4, -0.2) is 53.8 Å². The number of nitrogens with zero attached hydrogens (tertiary/aromatic N) is 4. The topological polar surface area (TPSA) is 89.5 Å². The van der Waals surface area contributed by atoms with Crippen LogP contribution in [0.2, 0.25) is 0 Å². The van der Waals surface area contributed by atoms with E-state index in [4.69, 9.17) is 9.47 Å². The molecule has 32 heavy (non-hydrogen) atoms. The monoisotopic (exact) mass is 441 g/mol. The number of hydrogen-bond acceptors (Lipinski definition) is 8. The van der Waals surface area contributed by atoms with Crippen LogP contribution in [0.5, 0.6) is 0 Å². The highest BCUT2D eigenvalue weighted by Gasteiger charge is 2.20. The van der Waals surface area contributed by atoms with E-state index in [-0.39, 0.29) is 18.2 Å². The molecule has 1 fully saturated rings. The van der Waals surface area contributed by atoms with Crippen molar-refractivity contribution in [2.24, 2.45) is 0 Å². The Bertz CT molecular complexity index is 1100. The lowest BCUT2D eigenvalue weighted by molar-refractivity contribution is 0.0526. The fourth-order valence-corrected chi connectivity index (χ4v) is 3.32. The molecule has 0 atom stereocenters. The number of esters is 1. The predicted molar refractivity (Wildman–Crippen MR) is 114 cm³/mol. The maximum atomic E-state index is 13.6. The summed E-state index contributed by atoms with van der Waals surface area (Å²) in [5, 5.41) is 2.84. The van der Waals surface area contributed by atoms with E-state index in [9.17, 15) is 13.6 Å². The van der Waals surface area contributed by atoms with Gasteiger partial charge in [-0.25, -0.2) is 18.6 Å². The summed E-state index contributed by atoms with van der Waals surface area (Å²) in [7, 11) is 0. The van der Waals surface area contributed by atoms with Gasteiger partial charge in [0, 0.05) is 54.6 Å². The Morgan fingerprint density at radius 3 is 2.59 bits per heavy atom. The molecule has 1 N–H and O–H groups in total. The van der Waals surface area contributed by atoms with Gasteiger partial charge in [-0.2, -0.15) is 4.98 Å². The number of rotatable bonds is 6. The SMILES string of the molecule is CCOC(=O)c1cncc(-c2cnc(Nc3cc(F)cc(F)c3)nc2N2CCOCC2)c1. The van der Waals surface area contributed by atoms with Crippen molar-refractivity contribution in [2.45, 2.75) is 6.92 Å². The number of halogens is 2. The van der Waals surface area contributed by atoms with Crippen LogP contribution >= 0.6 is 0 Å². The fraction of sp³-hybridized carbons (Fsp3) is 0.273. The lowest BCUT2D eigenvalue weighted by atomic mass is 10.1. The number of aromatic nitrogens is 3. The van der Waals surface area contributed by atoms with Crippen molar-refractivity contribution in [1.82, 2.24) is 15.0 Å². The molecule has 2 aromatic heterocycles. The molecule has 0 spiro atoms. The number of anilines is 3. The van der Waals surface area contributed by atoms with Crippen molar-refractivity contribution in [3.05, 3.63) is 60.1 Å². The zero-order valence-electron chi connectivity index (χ0n) is 17.3. The quantitative estimate of drug-likeness (QED) is 0.581. The van der Waals surface area contributed by atoms with Gasteiger partial charge in [-0.15, -0.1) is 0 Å². The number of morpholine rings is 1. The Labute approximate surface area is 183 Å². The third-order valence-electron chi connectivity index (χ3n) is 4.76. The van der Waals surface area contributed by atoms with Gasteiger partial charge < -0.3 is 19.7 Å². The molecule has 0 amide bonds. The van der Waals surface area contributed by atoms with Gasteiger partial charge in [0.1, 0.15) is 17.5 Å². The summed E-state index contributed by atoms with van der Waals surface area (Å²) < 4.78 is 37.6. The van der Waals surface area contributed by atoms with Crippen LogP contribution in [0, 0.1) is 11.6 Å². The van der Waals surface area contributed by atoms with Crippen LogP contribution in [0.3, 0.4) is 0 Å². The van der Waals surface area contributed by atoms with Crippen LogP contribution < -0.4 is 10.2 Å². The van der Waals surface area contributed by atoms with Crippen molar-refractivity contribution in [3.63, 3.8) is 0 Å². The van der Waals surface area contributed by atoms with E-state index in [0.29, 0.717) is 48.8 Å². The molecule has 1 aromatic carbocycles. The van der Waals surface area contributed by atoms with Gasteiger partial charge >= 0.3 is 5.97 Å². The number of benzene rings is 1. The van der Waals surface area contributed by atoms with Crippen LogP contribution in [0.25, 0.3) is 11.1 Å². The number of pyridine rings is 1. The molecule has 0 saturated carbocycles. The first kappa shape index (κ1) is 21.6. The standard InChI is InChI=1S/C22H21F2N5O3/c1-2-32-21(30)15-7-14(11-25-12-15)19-13-26-22(27-18-9-16(23)8-17(24)10-18)28-20(19)29-3-5-31-6-4-29/h7-13H,2-6H2,1H3,(H,26,27,28). The molecule has 0 bridgehead atoms. The fourth-order valence-electron chi connectivity index (χ4n) is 3.32. The molecule has 166 valence electrons. The normalized spacial score (nSPS) is 13.7. The third-order valence-corrected chi connectivity index (χ3v) is 4.76. The molecule has 8 nitrogen and oxygen atoms in total. The molecule has 4 rings (SSSR count). The summed E-state index contributed by atoms with van der Waals surface area (Å²) in [5.74, 6) is -1.12. The highest BCUT2D eigenvalue weighted by Crippen LogP contribution is 2.31. The number of carbonyl (C=O) groups excluding carboxylic acids is 1. The lowest BCUT2D eigenvalue weighted by Gasteiger charge is -2.29. The van der Waals surface area contributed by atoms with Crippen molar-refractivity contribution in [2.75, 3.05) is 43.1 Å². The summed E-state index contributed by atoms with van der Waals surface area (Å²) in [6.07, 6.45) is 4.63. The minimum atomic E-state index is -0.709. The minimum absolute atomic E-state index is 0.176. The second kappa shape index (κ2) is 9.65. The van der Waals surface area contributed by atoms with Crippen molar-refractivity contribution < 1.29 is 23.0 Å². The average Bonchev–Trinajstić information content (AvgIpc) is 2.79. The van der Waals surface area contributed by atoms with Crippen LogP contribution in [0.4, 0.5) is 26.2 Å². The Morgan fingerprint density at radius 2 is 1.88 bits per heavy atom. The second-order valence-electron chi connectivity index (χ2n) is 7.00. The number of carbonyl (C=O) groups is 1. The van der Waals surface area contributed by atoms with E-state index in [1.54, 1.807) is 25.4 Å². The van der Waals surface area contributed by atoms with E-state index >= 15 is 0 Å². The summed E-state index contributed by atoms with van der Waals surface area (Å²) in [5.41, 5.74) is 1.80. The first-order valence-electron chi connectivity index (χ1n) is 10.1. The van der Waals surface area contributed by atoms with Gasteiger partial charge in [0.05, 0.1) is 25.4 Å². The van der Waals surface area contributed by atoms with Crippen molar-refractivity contribution >= 4 is 23.4 Å². The van der Waals surface area contributed by atoms with E-state index in [2.05, 4.69) is 20.3 Å². The Kier molecular flexibility index (Phi) is 6.50. The van der Waals surface area contributed by atoms with E-state index in [1.165, 1.54) is 6.20 Å². The zero-order chi connectivity index (χ0) is 22.5. The summed E-state index contributed by atoms with van der Waals surface area (Å²) in [6, 6.07) is 4.77. The number of nitrogens with one attached hydrogen (secondary N) is 1. The highest BCUT2D eigenvalue weighted by atomic mass is 19.1. The first-order chi connectivity index (χ1) is 15.5. The Balaban J connectivity index is 1.72. The highest BCUT2D eigenvalue weighted by molar-refractivity contribution is 5.91. The van der Waals surface area contributed by atoms with Gasteiger partial charge in [0.2, 0.25) is 5.95 Å². The predicted octanol–water partition coefficient (Wildman–Crippen LogP) is 3.57. The largest absolute Gasteiger partial charge is 0.462 e. The molecule has 1 saturated heterocycles. The Morgan fingerprint density at radius 1 is 1.12 bits per heavy atom. The number of ether oxygens (including phenoxy) is 2. The van der Waals surface area contributed by atoms with Gasteiger partial charge in [-0.1, -0.05) is 0 Å². The molecule has 3 aromatic rings. The average molecular weight is 441 g/mol. The molecule has 0 unspecified atom stereocenters. The minimum Gasteiger partial charge on any atom is -0.462 e. The van der Waals surface area contributed by atoms with Gasteiger partial charge in [0.15, 0.2) is 0 Å². The summed E-state index contributed by atoms with van der Waals surface area (Å²) in [4.78, 5) is 27.2. The summed E-state index contributed by atoms with van der Waals surface area (Å²) in [6.45, 7) is 4.25. The molecular formula is C22H21F2N5O3. The molecule has 0 aliphatic carbocycles. The molecule has 0 radical (unpaired) electrons. The number of hydrogen-bond donors (Lipinski definition) is 1. The van der Waals surface area contributed by atoms with Crippen LogP contribution in [0.1, 0.15) is 17.3 Å². The van der Waals surface area contributed by atoms with Crippen LogP contribution in [0.15, 0.2) is 42.9 Å². The van der Waals surface area contributed by atoms with Crippen molar-refractivity contribution in [3.8, 4) is 11.1 Å². The molecule has 1 aliphatic heterocycles. The van der Waals surface area contributed by atoms with Gasteiger partial charge in [0.25, 0.3) is 0 Å². The molecule has 10 heteroatoms. The molecular weight excluding hydrogens is 420 g/mol. The zero-order valence-corrected chi connectivity index (χ0v) is 17.3. The molecule has 1 aliphatic rings. The lowest BCUT2D eigenvalue weighted by Crippen LogP contribution is -2.37. The maximum Gasteiger partial charge on any atom is 0.339 e. The van der Waals surface area contributed by atoms with Gasteiger partial charge in [-0.05, 0) is 25.1 Å². The van der Waals surface area contributed by atoms with Crippen molar-refractivity contribution in [1.29, 1.82) is 0 Å². The van der Waals surface area contributed by atoms with Gasteiger partial charge in [-0.3, -0.25) is 4.98 Å². The first-order valence-corrected chi connectivity index (χ1v) is 10.1. The molecule has 3 heterocycles. The summed E-state index contributed by atoms with van der Waals surface area (Å²) >= 11 is 0. The smallest absolute Gasteiger partial charge is 0.339 e. The van der Waals surface area contributed by atoms with E-state index in [1.807, 2.05) is 4.90 Å². The second-order valence-corrected chi connectivity index (χ2v) is 7.00. The van der Waals surface area contributed by atoms with E-state index < -0.39 is 17.6 Å².